The van der Waals surface area contributed by atoms with E-state index in [-0.39, 0.29) is 6.54 Å². The predicted molar refractivity (Wildman–Crippen MR) is 89.1 cm³/mol. The number of aryl methyl sites for hydroxylation is 1. The molecule has 3 rings (SSSR count). The second-order valence-electron chi connectivity index (χ2n) is 5.35. The first kappa shape index (κ1) is 15.5. The van der Waals surface area contributed by atoms with Crippen LogP contribution in [0.25, 0.3) is 11.0 Å². The Kier molecular flexibility index (Phi) is 4.32. The molecule has 0 spiro atoms. The molecule has 6 heteroatoms. The average molecular weight is 330 g/mol. The first-order valence-electron chi connectivity index (χ1n) is 7.20. The van der Waals surface area contributed by atoms with Gasteiger partial charge >= 0.3 is 0 Å². The summed E-state index contributed by atoms with van der Waals surface area (Å²) in [4.78, 5) is 19.6. The number of aromatic amines is 1. The van der Waals surface area contributed by atoms with Crippen molar-refractivity contribution in [2.45, 2.75) is 19.6 Å². The number of rotatable bonds is 4. The molecular weight excluding hydrogens is 314 g/mol. The van der Waals surface area contributed by atoms with E-state index in [1.54, 1.807) is 24.3 Å². The highest BCUT2D eigenvalue weighted by Gasteiger charge is 2.19. The van der Waals surface area contributed by atoms with Gasteiger partial charge in [-0.2, -0.15) is 0 Å². The molecule has 0 aliphatic carbocycles. The molecule has 1 amide bonds. The predicted octanol–water partition coefficient (Wildman–Crippen LogP) is 2.87. The SMILES string of the molecule is Cc1ccc2nc(CNC(=O)[C@H](O)c3ccccc3Cl)[nH]c2c1. The number of aliphatic hydroxyl groups excluding tert-OH is 1. The van der Waals surface area contributed by atoms with Crippen LogP contribution < -0.4 is 5.32 Å². The summed E-state index contributed by atoms with van der Waals surface area (Å²) >= 11 is 5.99. The van der Waals surface area contributed by atoms with Crippen LogP contribution in [-0.2, 0) is 11.3 Å². The number of amides is 1. The number of carbonyl (C=O) groups is 1. The Balaban J connectivity index is 1.69. The van der Waals surface area contributed by atoms with Gasteiger partial charge in [0.1, 0.15) is 5.82 Å². The van der Waals surface area contributed by atoms with E-state index in [2.05, 4.69) is 15.3 Å². The minimum atomic E-state index is -1.31. The molecule has 118 valence electrons. The first-order valence-corrected chi connectivity index (χ1v) is 7.58. The van der Waals surface area contributed by atoms with Crippen LogP contribution in [0, 0.1) is 6.92 Å². The molecule has 0 radical (unpaired) electrons. The molecule has 0 saturated heterocycles. The zero-order valence-electron chi connectivity index (χ0n) is 12.5. The molecule has 1 aromatic heterocycles. The van der Waals surface area contributed by atoms with Gasteiger partial charge in [-0.05, 0) is 30.7 Å². The lowest BCUT2D eigenvalue weighted by Gasteiger charge is -2.12. The van der Waals surface area contributed by atoms with Crippen LogP contribution in [0.5, 0.6) is 0 Å². The molecule has 23 heavy (non-hydrogen) atoms. The highest BCUT2D eigenvalue weighted by Crippen LogP contribution is 2.22. The Bertz CT molecular complexity index is 860. The number of carbonyl (C=O) groups excluding carboxylic acids is 1. The highest BCUT2D eigenvalue weighted by molar-refractivity contribution is 6.31. The van der Waals surface area contributed by atoms with E-state index < -0.39 is 12.0 Å². The van der Waals surface area contributed by atoms with Gasteiger partial charge in [0.25, 0.3) is 5.91 Å². The topological polar surface area (TPSA) is 78.0 Å². The van der Waals surface area contributed by atoms with Gasteiger partial charge in [-0.3, -0.25) is 4.79 Å². The van der Waals surface area contributed by atoms with E-state index in [0.29, 0.717) is 16.4 Å². The number of benzene rings is 2. The molecule has 2 aromatic carbocycles. The number of aliphatic hydroxyl groups is 1. The summed E-state index contributed by atoms with van der Waals surface area (Å²) in [6.07, 6.45) is -1.31. The lowest BCUT2D eigenvalue weighted by atomic mass is 10.1. The standard InChI is InChI=1S/C17H16ClN3O2/c1-10-6-7-13-14(8-10)21-15(20-13)9-19-17(23)16(22)11-4-2-3-5-12(11)18/h2-8,16,22H,9H2,1H3,(H,19,23)(H,20,21)/t16-/m1/s1. The van der Waals surface area contributed by atoms with Crippen LogP contribution >= 0.6 is 11.6 Å². The van der Waals surface area contributed by atoms with Crippen molar-refractivity contribution in [3.05, 3.63) is 64.4 Å². The van der Waals surface area contributed by atoms with E-state index in [9.17, 15) is 9.90 Å². The molecule has 0 unspecified atom stereocenters. The summed E-state index contributed by atoms with van der Waals surface area (Å²) in [5, 5.41) is 13.1. The van der Waals surface area contributed by atoms with Crippen LogP contribution in [0.1, 0.15) is 23.1 Å². The van der Waals surface area contributed by atoms with Gasteiger partial charge in [-0.15, -0.1) is 0 Å². The second kappa shape index (κ2) is 6.40. The van der Waals surface area contributed by atoms with Crippen LogP contribution in [0.3, 0.4) is 0 Å². The number of nitrogens with zero attached hydrogens (tertiary/aromatic N) is 1. The van der Waals surface area contributed by atoms with E-state index in [4.69, 9.17) is 11.6 Å². The fourth-order valence-corrected chi connectivity index (χ4v) is 2.60. The molecular formula is C17H16ClN3O2. The van der Waals surface area contributed by atoms with Crippen molar-refractivity contribution in [2.75, 3.05) is 0 Å². The van der Waals surface area contributed by atoms with Gasteiger partial charge < -0.3 is 15.4 Å². The highest BCUT2D eigenvalue weighted by atomic mass is 35.5. The van der Waals surface area contributed by atoms with Crippen molar-refractivity contribution in [3.8, 4) is 0 Å². The summed E-state index contributed by atoms with van der Waals surface area (Å²) in [7, 11) is 0. The minimum absolute atomic E-state index is 0.202. The number of aromatic nitrogens is 2. The molecule has 5 nitrogen and oxygen atoms in total. The van der Waals surface area contributed by atoms with Gasteiger partial charge in [0.15, 0.2) is 6.10 Å². The summed E-state index contributed by atoms with van der Waals surface area (Å²) in [6.45, 7) is 2.20. The molecule has 1 atom stereocenters. The Morgan fingerprint density at radius 1 is 1.35 bits per heavy atom. The Hall–Kier alpha value is -2.37. The molecule has 0 aliphatic heterocycles. The molecule has 1 heterocycles. The minimum Gasteiger partial charge on any atom is -0.378 e. The zero-order valence-corrected chi connectivity index (χ0v) is 13.3. The third kappa shape index (κ3) is 3.36. The fraction of sp³-hybridized carbons (Fsp3) is 0.176. The average Bonchev–Trinajstić information content (AvgIpc) is 2.94. The van der Waals surface area contributed by atoms with Crippen LogP contribution in [0.2, 0.25) is 5.02 Å². The van der Waals surface area contributed by atoms with Crippen molar-refractivity contribution >= 4 is 28.5 Å². The fourth-order valence-electron chi connectivity index (χ4n) is 2.37. The van der Waals surface area contributed by atoms with E-state index >= 15 is 0 Å². The summed E-state index contributed by atoms with van der Waals surface area (Å²) < 4.78 is 0. The molecule has 0 aliphatic rings. The van der Waals surface area contributed by atoms with Crippen molar-refractivity contribution in [1.29, 1.82) is 0 Å². The maximum absolute atomic E-state index is 12.1. The quantitative estimate of drug-likeness (QED) is 0.688. The van der Waals surface area contributed by atoms with Crippen molar-refractivity contribution in [2.24, 2.45) is 0 Å². The van der Waals surface area contributed by atoms with Gasteiger partial charge in [0.05, 0.1) is 17.6 Å². The second-order valence-corrected chi connectivity index (χ2v) is 5.75. The number of H-pyrrole nitrogens is 1. The summed E-state index contributed by atoms with van der Waals surface area (Å²) in [5.41, 5.74) is 3.27. The van der Waals surface area contributed by atoms with E-state index in [1.165, 1.54) is 0 Å². The molecule has 3 N–H and O–H groups in total. The number of halogens is 1. The van der Waals surface area contributed by atoms with Gasteiger partial charge in [-0.25, -0.2) is 4.98 Å². The Morgan fingerprint density at radius 3 is 2.91 bits per heavy atom. The Morgan fingerprint density at radius 2 is 2.13 bits per heavy atom. The largest absolute Gasteiger partial charge is 0.378 e. The van der Waals surface area contributed by atoms with Gasteiger partial charge in [0, 0.05) is 10.6 Å². The van der Waals surface area contributed by atoms with Crippen LogP contribution in [0.4, 0.5) is 0 Å². The van der Waals surface area contributed by atoms with E-state index in [0.717, 1.165) is 16.6 Å². The van der Waals surface area contributed by atoms with Crippen LogP contribution in [-0.4, -0.2) is 21.0 Å². The molecule has 0 bridgehead atoms. The normalized spacial score (nSPS) is 12.3. The monoisotopic (exact) mass is 329 g/mol. The third-order valence-electron chi connectivity index (χ3n) is 3.56. The van der Waals surface area contributed by atoms with E-state index in [1.807, 2.05) is 25.1 Å². The number of fused-ring (bicyclic) bond motifs is 1. The number of hydrogen-bond donors (Lipinski definition) is 3. The van der Waals surface area contributed by atoms with Crippen LogP contribution in [0.15, 0.2) is 42.5 Å². The molecule has 3 aromatic rings. The summed E-state index contributed by atoms with van der Waals surface area (Å²) in [6, 6.07) is 12.6. The first-order chi connectivity index (χ1) is 11.0. The van der Waals surface area contributed by atoms with Crippen molar-refractivity contribution in [1.82, 2.24) is 15.3 Å². The number of nitrogens with one attached hydrogen (secondary N) is 2. The number of imidazole rings is 1. The lowest BCUT2D eigenvalue weighted by molar-refractivity contribution is -0.129. The molecule has 0 saturated carbocycles. The lowest BCUT2D eigenvalue weighted by Crippen LogP contribution is -2.29. The third-order valence-corrected chi connectivity index (χ3v) is 3.91. The zero-order chi connectivity index (χ0) is 16.4. The summed E-state index contributed by atoms with van der Waals surface area (Å²) in [5.74, 6) is 0.111. The number of hydrogen-bond acceptors (Lipinski definition) is 3. The maximum atomic E-state index is 12.1. The smallest absolute Gasteiger partial charge is 0.253 e. The Labute approximate surface area is 138 Å². The van der Waals surface area contributed by atoms with Gasteiger partial charge in [0.2, 0.25) is 0 Å². The van der Waals surface area contributed by atoms with Crippen molar-refractivity contribution < 1.29 is 9.90 Å². The van der Waals surface area contributed by atoms with Gasteiger partial charge in [-0.1, -0.05) is 35.9 Å². The van der Waals surface area contributed by atoms with Crippen molar-refractivity contribution in [3.63, 3.8) is 0 Å². The maximum Gasteiger partial charge on any atom is 0.253 e. The molecule has 0 fully saturated rings.